The van der Waals surface area contributed by atoms with Crippen molar-refractivity contribution in [2.24, 2.45) is 5.73 Å². The van der Waals surface area contributed by atoms with Gasteiger partial charge in [0, 0.05) is 11.4 Å². The first kappa shape index (κ1) is 14.5. The second kappa shape index (κ2) is 5.86. The molecule has 0 amide bonds. The summed E-state index contributed by atoms with van der Waals surface area (Å²) in [6, 6.07) is -0.603. The first-order chi connectivity index (χ1) is 7.40. The van der Waals surface area contributed by atoms with Crippen molar-refractivity contribution in [1.82, 2.24) is 0 Å². The Bertz CT molecular complexity index is 232. The van der Waals surface area contributed by atoms with E-state index < -0.39 is 41.3 Å². The number of aliphatic hydroxyl groups excluding tert-OH is 3. The van der Waals surface area contributed by atoms with Gasteiger partial charge in [0.15, 0.2) is 0 Å². The molecular formula is C9H18ClNO4S. The van der Waals surface area contributed by atoms with Gasteiger partial charge >= 0.3 is 0 Å². The number of rotatable bonds is 3. The standard InChI is InChI=1S/C9H18ClNO4S/c1-3(10)4(11)8-6(13)5(12)7(14)9(15-8)16-2/h3-9,12-14H,11H2,1-2H3/t3-,4+,5?,6?,7?,8?,9?/m1/s1. The number of hydrogen-bond donors (Lipinski definition) is 4. The third-order valence-corrected chi connectivity index (χ3v) is 3.89. The van der Waals surface area contributed by atoms with Crippen LogP contribution in [-0.4, -0.2) is 62.8 Å². The smallest absolute Gasteiger partial charge is 0.132 e. The Balaban J connectivity index is 2.78. The molecule has 1 rings (SSSR count). The highest BCUT2D eigenvalue weighted by molar-refractivity contribution is 7.99. The maximum atomic E-state index is 9.76. The third-order valence-electron chi connectivity index (χ3n) is 2.75. The molecule has 1 fully saturated rings. The molecular weight excluding hydrogens is 254 g/mol. The van der Waals surface area contributed by atoms with Gasteiger partial charge in [0.1, 0.15) is 29.9 Å². The van der Waals surface area contributed by atoms with Gasteiger partial charge in [0.2, 0.25) is 0 Å². The average Bonchev–Trinajstić information content (AvgIpc) is 2.25. The van der Waals surface area contributed by atoms with Crippen LogP contribution in [-0.2, 0) is 4.74 Å². The lowest BCUT2D eigenvalue weighted by molar-refractivity contribution is -0.202. The van der Waals surface area contributed by atoms with Crippen molar-refractivity contribution in [2.75, 3.05) is 6.26 Å². The summed E-state index contributed by atoms with van der Waals surface area (Å²) >= 11 is 7.09. The first-order valence-corrected chi connectivity index (χ1v) is 6.74. The van der Waals surface area contributed by atoms with Crippen molar-refractivity contribution in [3.63, 3.8) is 0 Å². The number of ether oxygens (including phenoxy) is 1. The Kier molecular flexibility index (Phi) is 5.31. The fraction of sp³-hybridized carbons (Fsp3) is 1.00. The zero-order valence-corrected chi connectivity index (χ0v) is 10.7. The van der Waals surface area contributed by atoms with Crippen LogP contribution in [0.4, 0.5) is 0 Å². The van der Waals surface area contributed by atoms with E-state index in [0.29, 0.717) is 0 Å². The van der Waals surface area contributed by atoms with Gasteiger partial charge in [-0.25, -0.2) is 0 Å². The zero-order chi connectivity index (χ0) is 12.5. The minimum Gasteiger partial charge on any atom is -0.388 e. The fourth-order valence-electron chi connectivity index (χ4n) is 1.65. The predicted octanol–water partition coefficient (Wildman–Crippen LogP) is -0.888. The SMILES string of the molecule is CSC1OC([C@@H](N)[C@@H](C)Cl)C(O)C(O)C1O. The first-order valence-electron chi connectivity index (χ1n) is 5.02. The van der Waals surface area contributed by atoms with E-state index in [2.05, 4.69) is 0 Å². The van der Waals surface area contributed by atoms with Crippen LogP contribution < -0.4 is 5.73 Å². The van der Waals surface area contributed by atoms with E-state index in [1.54, 1.807) is 13.2 Å². The summed E-state index contributed by atoms with van der Waals surface area (Å²) in [7, 11) is 0. The molecule has 0 saturated carbocycles. The van der Waals surface area contributed by atoms with E-state index in [-0.39, 0.29) is 0 Å². The number of nitrogens with two attached hydrogens (primary N) is 1. The second-order valence-corrected chi connectivity index (χ2v) is 5.56. The molecule has 96 valence electrons. The topological polar surface area (TPSA) is 95.9 Å². The van der Waals surface area contributed by atoms with Crippen LogP contribution in [0.5, 0.6) is 0 Å². The summed E-state index contributed by atoms with van der Waals surface area (Å²) < 4.78 is 5.45. The third kappa shape index (κ3) is 2.81. The van der Waals surface area contributed by atoms with Gasteiger partial charge < -0.3 is 25.8 Å². The summed E-state index contributed by atoms with van der Waals surface area (Å²) in [6.45, 7) is 1.69. The van der Waals surface area contributed by atoms with Gasteiger partial charge in [-0.2, -0.15) is 0 Å². The summed E-state index contributed by atoms with van der Waals surface area (Å²) in [5.74, 6) is 0. The monoisotopic (exact) mass is 271 g/mol. The highest BCUT2D eigenvalue weighted by Gasteiger charge is 2.46. The van der Waals surface area contributed by atoms with Crippen molar-refractivity contribution < 1.29 is 20.1 Å². The minimum atomic E-state index is -1.27. The Labute approximate surface area is 104 Å². The van der Waals surface area contributed by atoms with E-state index in [9.17, 15) is 15.3 Å². The van der Waals surface area contributed by atoms with E-state index in [1.165, 1.54) is 11.8 Å². The van der Waals surface area contributed by atoms with Crippen LogP contribution in [0.15, 0.2) is 0 Å². The molecule has 5 N–H and O–H groups in total. The molecule has 16 heavy (non-hydrogen) atoms. The number of halogens is 1. The Morgan fingerprint density at radius 3 is 2.25 bits per heavy atom. The molecule has 0 spiro atoms. The zero-order valence-electron chi connectivity index (χ0n) is 9.15. The van der Waals surface area contributed by atoms with Gasteiger partial charge in [0.05, 0.1) is 0 Å². The molecule has 5 unspecified atom stereocenters. The highest BCUT2D eigenvalue weighted by Crippen LogP contribution is 2.29. The van der Waals surface area contributed by atoms with Gasteiger partial charge in [-0.1, -0.05) is 0 Å². The van der Waals surface area contributed by atoms with E-state index in [1.807, 2.05) is 0 Å². The van der Waals surface area contributed by atoms with Crippen LogP contribution in [0.1, 0.15) is 6.92 Å². The predicted molar refractivity (Wildman–Crippen MR) is 63.5 cm³/mol. The highest BCUT2D eigenvalue weighted by atomic mass is 35.5. The van der Waals surface area contributed by atoms with Crippen molar-refractivity contribution in [3.8, 4) is 0 Å². The van der Waals surface area contributed by atoms with Gasteiger partial charge in [-0.15, -0.1) is 23.4 Å². The quantitative estimate of drug-likeness (QED) is 0.498. The molecule has 1 aliphatic rings. The van der Waals surface area contributed by atoms with Crippen molar-refractivity contribution in [3.05, 3.63) is 0 Å². The van der Waals surface area contributed by atoms with Gasteiger partial charge in [-0.3, -0.25) is 0 Å². The Morgan fingerprint density at radius 1 is 1.25 bits per heavy atom. The molecule has 1 heterocycles. The van der Waals surface area contributed by atoms with Gasteiger partial charge in [-0.05, 0) is 13.2 Å². The molecule has 0 aromatic rings. The molecule has 0 radical (unpaired) electrons. The average molecular weight is 272 g/mol. The van der Waals surface area contributed by atoms with Crippen LogP contribution >= 0.6 is 23.4 Å². The van der Waals surface area contributed by atoms with Crippen molar-refractivity contribution in [1.29, 1.82) is 0 Å². The lowest BCUT2D eigenvalue weighted by Crippen LogP contribution is -2.62. The summed E-state index contributed by atoms with van der Waals surface area (Å²) in [5.41, 5.74) is 5.18. The molecule has 5 nitrogen and oxygen atoms in total. The lowest BCUT2D eigenvalue weighted by Gasteiger charge is -2.42. The number of thioether (sulfide) groups is 1. The van der Waals surface area contributed by atoms with E-state index in [0.717, 1.165) is 0 Å². The molecule has 1 aliphatic heterocycles. The summed E-state index contributed by atoms with van der Waals surface area (Å²) in [5, 5.41) is 28.6. The summed E-state index contributed by atoms with van der Waals surface area (Å²) in [4.78, 5) is 0. The molecule has 7 atom stereocenters. The summed E-state index contributed by atoms with van der Waals surface area (Å²) in [6.07, 6.45) is -2.65. The Hall–Kier alpha value is 0.440. The molecule has 1 saturated heterocycles. The molecule has 0 aromatic heterocycles. The normalized spacial score (nSPS) is 44.1. The van der Waals surface area contributed by atoms with E-state index >= 15 is 0 Å². The second-order valence-electron chi connectivity index (χ2n) is 3.93. The molecule has 0 aliphatic carbocycles. The van der Waals surface area contributed by atoms with Crippen molar-refractivity contribution >= 4 is 23.4 Å². The number of hydrogen-bond acceptors (Lipinski definition) is 6. The maximum absolute atomic E-state index is 9.76. The van der Waals surface area contributed by atoms with Crippen molar-refractivity contribution in [2.45, 2.75) is 48.2 Å². The largest absolute Gasteiger partial charge is 0.388 e. The molecule has 0 aromatic carbocycles. The van der Waals surface area contributed by atoms with Crippen LogP contribution in [0.2, 0.25) is 0 Å². The van der Waals surface area contributed by atoms with Crippen LogP contribution in [0.3, 0.4) is 0 Å². The lowest BCUT2D eigenvalue weighted by atomic mass is 9.94. The van der Waals surface area contributed by atoms with Gasteiger partial charge in [0.25, 0.3) is 0 Å². The maximum Gasteiger partial charge on any atom is 0.132 e. The minimum absolute atomic E-state index is 0.399. The van der Waals surface area contributed by atoms with Crippen LogP contribution in [0.25, 0.3) is 0 Å². The van der Waals surface area contributed by atoms with E-state index in [4.69, 9.17) is 22.1 Å². The fourth-order valence-corrected chi connectivity index (χ4v) is 2.47. The molecule has 7 heteroatoms. The number of aliphatic hydroxyl groups is 3. The molecule has 0 bridgehead atoms. The number of alkyl halides is 1. The Morgan fingerprint density at radius 2 is 1.81 bits per heavy atom. The van der Waals surface area contributed by atoms with Crippen LogP contribution in [0, 0.1) is 0 Å².